The molecule has 3 rings (SSSR count). The van der Waals surface area contributed by atoms with E-state index in [9.17, 15) is 4.79 Å². The van der Waals surface area contributed by atoms with Crippen LogP contribution in [0.25, 0.3) is 0 Å². The number of aromatic nitrogens is 1. The minimum atomic E-state index is -0.376. The third-order valence-corrected chi connectivity index (χ3v) is 4.96. The Labute approximate surface area is 167 Å². The van der Waals surface area contributed by atoms with Crippen LogP contribution in [0.2, 0.25) is 10.0 Å². The fraction of sp³-hybridized carbons (Fsp3) is 0.278. The van der Waals surface area contributed by atoms with Gasteiger partial charge in [0.2, 0.25) is 0 Å². The molecule has 0 unspecified atom stereocenters. The SMILES string of the molecule is O=C(NC(=S)NN1CCCC[C@H]1c1cccnc1)c1ccc(Cl)cc1Cl. The summed E-state index contributed by atoms with van der Waals surface area (Å²) < 4.78 is 0. The van der Waals surface area contributed by atoms with E-state index in [0.29, 0.717) is 10.6 Å². The minimum Gasteiger partial charge on any atom is -0.298 e. The highest BCUT2D eigenvalue weighted by Crippen LogP contribution is 2.28. The summed E-state index contributed by atoms with van der Waals surface area (Å²) in [5, 5.41) is 5.71. The smallest absolute Gasteiger partial charge is 0.258 e. The van der Waals surface area contributed by atoms with Crippen LogP contribution < -0.4 is 10.7 Å². The molecule has 2 aromatic rings. The number of carbonyl (C=O) groups excluding carboxylic acids is 1. The predicted molar refractivity (Wildman–Crippen MR) is 107 cm³/mol. The Kier molecular flexibility index (Phi) is 6.43. The number of halogens is 2. The summed E-state index contributed by atoms with van der Waals surface area (Å²) in [6.07, 6.45) is 6.81. The van der Waals surface area contributed by atoms with E-state index in [1.54, 1.807) is 18.3 Å². The van der Waals surface area contributed by atoms with Crippen LogP contribution in [0, 0.1) is 0 Å². The third kappa shape index (κ3) is 4.71. The van der Waals surface area contributed by atoms with Gasteiger partial charge in [-0.15, -0.1) is 0 Å². The number of rotatable bonds is 3. The number of carbonyl (C=O) groups is 1. The first-order chi connectivity index (χ1) is 12.5. The number of pyridine rings is 1. The number of thiocarbonyl (C=S) groups is 1. The maximum Gasteiger partial charge on any atom is 0.258 e. The van der Waals surface area contributed by atoms with Crippen LogP contribution in [-0.2, 0) is 0 Å². The van der Waals surface area contributed by atoms with Crippen molar-refractivity contribution in [1.82, 2.24) is 20.7 Å². The first-order valence-electron chi connectivity index (χ1n) is 8.28. The van der Waals surface area contributed by atoms with E-state index in [-0.39, 0.29) is 22.1 Å². The van der Waals surface area contributed by atoms with E-state index in [1.807, 2.05) is 23.3 Å². The summed E-state index contributed by atoms with van der Waals surface area (Å²) in [7, 11) is 0. The molecule has 8 heteroatoms. The zero-order valence-corrected chi connectivity index (χ0v) is 16.2. The van der Waals surface area contributed by atoms with Crippen LogP contribution >= 0.6 is 35.4 Å². The first-order valence-corrected chi connectivity index (χ1v) is 9.44. The van der Waals surface area contributed by atoms with Gasteiger partial charge in [-0.1, -0.05) is 35.7 Å². The highest BCUT2D eigenvalue weighted by molar-refractivity contribution is 7.80. The van der Waals surface area contributed by atoms with Gasteiger partial charge in [-0.3, -0.25) is 20.5 Å². The van der Waals surface area contributed by atoms with E-state index in [0.717, 1.165) is 31.4 Å². The quantitative estimate of drug-likeness (QED) is 0.747. The zero-order chi connectivity index (χ0) is 18.5. The monoisotopic (exact) mass is 408 g/mol. The highest BCUT2D eigenvalue weighted by atomic mass is 35.5. The van der Waals surface area contributed by atoms with Gasteiger partial charge in [0.05, 0.1) is 16.6 Å². The van der Waals surface area contributed by atoms with Gasteiger partial charge in [-0.2, -0.15) is 0 Å². The molecule has 1 amide bonds. The van der Waals surface area contributed by atoms with Crippen LogP contribution in [0.3, 0.4) is 0 Å². The van der Waals surface area contributed by atoms with Crippen molar-refractivity contribution in [2.75, 3.05) is 6.54 Å². The molecule has 1 aliphatic heterocycles. The van der Waals surface area contributed by atoms with Gasteiger partial charge in [0.25, 0.3) is 5.91 Å². The molecule has 0 aliphatic carbocycles. The molecule has 0 radical (unpaired) electrons. The number of amides is 1. The van der Waals surface area contributed by atoms with Crippen molar-refractivity contribution in [2.24, 2.45) is 0 Å². The molecule has 0 bridgehead atoms. The molecule has 136 valence electrons. The molecule has 1 saturated heterocycles. The fourth-order valence-electron chi connectivity index (χ4n) is 2.99. The molecular formula is C18H18Cl2N4OS. The largest absolute Gasteiger partial charge is 0.298 e. The topological polar surface area (TPSA) is 57.3 Å². The molecular weight excluding hydrogens is 391 g/mol. The molecule has 1 fully saturated rings. The van der Waals surface area contributed by atoms with Crippen molar-refractivity contribution in [2.45, 2.75) is 25.3 Å². The van der Waals surface area contributed by atoms with E-state index in [4.69, 9.17) is 35.4 Å². The van der Waals surface area contributed by atoms with Crippen LogP contribution in [0.5, 0.6) is 0 Å². The van der Waals surface area contributed by atoms with Gasteiger partial charge in [0, 0.05) is 24.0 Å². The van der Waals surface area contributed by atoms with Gasteiger partial charge < -0.3 is 0 Å². The summed E-state index contributed by atoms with van der Waals surface area (Å²) >= 11 is 17.3. The third-order valence-electron chi connectivity index (χ3n) is 4.22. The predicted octanol–water partition coefficient (Wildman–Crippen LogP) is 4.13. The Morgan fingerprint density at radius 2 is 2.12 bits per heavy atom. The van der Waals surface area contributed by atoms with E-state index >= 15 is 0 Å². The molecule has 0 saturated carbocycles. The number of nitrogens with zero attached hydrogens (tertiary/aromatic N) is 2. The lowest BCUT2D eigenvalue weighted by molar-refractivity contribution is 0.0958. The molecule has 1 aliphatic rings. The molecule has 0 spiro atoms. The fourth-order valence-corrected chi connectivity index (χ4v) is 3.69. The van der Waals surface area contributed by atoms with E-state index in [2.05, 4.69) is 15.7 Å². The van der Waals surface area contributed by atoms with E-state index in [1.165, 1.54) is 6.07 Å². The standard InChI is InChI=1S/C18H18Cl2N4OS/c19-13-6-7-14(15(20)10-13)17(25)22-18(26)23-24-9-2-1-5-16(24)12-4-3-8-21-11-12/h3-4,6-8,10-11,16H,1-2,5,9H2,(H2,22,23,25,26)/t16-/m0/s1. The van der Waals surface area contributed by atoms with Crippen molar-refractivity contribution in [3.8, 4) is 0 Å². The summed E-state index contributed by atoms with van der Waals surface area (Å²) in [5.41, 5.74) is 4.58. The number of hydrazine groups is 1. The van der Waals surface area contributed by atoms with Crippen molar-refractivity contribution in [1.29, 1.82) is 0 Å². The Morgan fingerprint density at radius 3 is 2.85 bits per heavy atom. The zero-order valence-electron chi connectivity index (χ0n) is 13.9. The molecule has 5 nitrogen and oxygen atoms in total. The number of hydrogen-bond donors (Lipinski definition) is 2. The number of benzene rings is 1. The summed E-state index contributed by atoms with van der Waals surface area (Å²) in [5.74, 6) is -0.376. The van der Waals surface area contributed by atoms with Gasteiger partial charge >= 0.3 is 0 Å². The molecule has 2 heterocycles. The Hall–Kier alpha value is -1.73. The lowest BCUT2D eigenvalue weighted by atomic mass is 9.98. The summed E-state index contributed by atoms with van der Waals surface area (Å²) in [6, 6.07) is 8.84. The van der Waals surface area contributed by atoms with Gasteiger partial charge in [-0.25, -0.2) is 5.01 Å². The maximum absolute atomic E-state index is 12.4. The summed E-state index contributed by atoms with van der Waals surface area (Å²) in [6.45, 7) is 0.831. The normalized spacial score (nSPS) is 17.5. The second kappa shape index (κ2) is 8.77. The van der Waals surface area contributed by atoms with Gasteiger partial charge in [-0.05, 0) is 54.9 Å². The lowest BCUT2D eigenvalue weighted by Gasteiger charge is -2.36. The molecule has 1 aromatic heterocycles. The van der Waals surface area contributed by atoms with E-state index < -0.39 is 0 Å². The van der Waals surface area contributed by atoms with Crippen molar-refractivity contribution < 1.29 is 4.79 Å². The van der Waals surface area contributed by atoms with Crippen LogP contribution in [0.15, 0.2) is 42.7 Å². The molecule has 26 heavy (non-hydrogen) atoms. The Balaban J connectivity index is 1.65. The second-order valence-electron chi connectivity index (χ2n) is 6.01. The minimum absolute atomic E-state index is 0.159. The van der Waals surface area contributed by atoms with Gasteiger partial charge in [0.1, 0.15) is 0 Å². The van der Waals surface area contributed by atoms with Crippen LogP contribution in [0.1, 0.15) is 41.2 Å². The van der Waals surface area contributed by atoms with Crippen molar-refractivity contribution in [3.63, 3.8) is 0 Å². The molecule has 1 aromatic carbocycles. The maximum atomic E-state index is 12.4. The number of hydrogen-bond acceptors (Lipinski definition) is 4. The summed E-state index contributed by atoms with van der Waals surface area (Å²) in [4.78, 5) is 16.6. The molecule has 2 N–H and O–H groups in total. The second-order valence-corrected chi connectivity index (χ2v) is 7.26. The van der Waals surface area contributed by atoms with Crippen LogP contribution in [0.4, 0.5) is 0 Å². The highest BCUT2D eigenvalue weighted by Gasteiger charge is 2.25. The first kappa shape index (κ1) is 19.0. The van der Waals surface area contributed by atoms with Crippen LogP contribution in [-0.4, -0.2) is 27.6 Å². The average molecular weight is 409 g/mol. The Morgan fingerprint density at radius 1 is 1.27 bits per heavy atom. The average Bonchev–Trinajstić information content (AvgIpc) is 2.62. The molecule has 1 atom stereocenters. The Bertz CT molecular complexity index is 803. The number of piperidine rings is 1. The number of nitrogens with one attached hydrogen (secondary N) is 2. The van der Waals surface area contributed by atoms with Crippen molar-refractivity contribution >= 4 is 46.4 Å². The van der Waals surface area contributed by atoms with Gasteiger partial charge in [0.15, 0.2) is 5.11 Å². The lowest BCUT2D eigenvalue weighted by Crippen LogP contribution is -2.51. The van der Waals surface area contributed by atoms with Crippen molar-refractivity contribution in [3.05, 3.63) is 63.9 Å².